The van der Waals surface area contributed by atoms with E-state index in [9.17, 15) is 4.79 Å². The number of aryl methyl sites for hydroxylation is 2. The zero-order valence-electron chi connectivity index (χ0n) is 13.1. The van der Waals surface area contributed by atoms with Crippen molar-refractivity contribution >= 4 is 5.97 Å². The Labute approximate surface area is 126 Å². The van der Waals surface area contributed by atoms with Crippen LogP contribution in [-0.4, -0.2) is 31.3 Å². The Morgan fingerprint density at radius 3 is 2.29 bits per heavy atom. The molecule has 1 aromatic rings. The standard InChI is InChI=1S/C15H28N4O2/c1-2-3-4-5-6-7-8-9-10-13-19-14(16-17-18-19)11-12-15(20)21/h2-13H2,1H3,(H,20,21). The van der Waals surface area contributed by atoms with Gasteiger partial charge in [0.1, 0.15) is 0 Å². The van der Waals surface area contributed by atoms with Crippen LogP contribution >= 0.6 is 0 Å². The maximum absolute atomic E-state index is 10.6. The van der Waals surface area contributed by atoms with Gasteiger partial charge >= 0.3 is 5.97 Å². The molecule has 0 fully saturated rings. The van der Waals surface area contributed by atoms with Gasteiger partial charge in [-0.15, -0.1) is 5.10 Å². The van der Waals surface area contributed by atoms with Gasteiger partial charge in [-0.3, -0.25) is 4.79 Å². The maximum atomic E-state index is 10.6. The summed E-state index contributed by atoms with van der Waals surface area (Å²) in [5, 5.41) is 20.1. The normalized spacial score (nSPS) is 10.9. The Balaban J connectivity index is 2.05. The molecule has 6 nitrogen and oxygen atoms in total. The summed E-state index contributed by atoms with van der Waals surface area (Å²) in [4.78, 5) is 10.6. The first-order chi connectivity index (χ1) is 10.2. The SMILES string of the molecule is CCCCCCCCCCCn1nnnc1CCC(=O)O. The van der Waals surface area contributed by atoms with Crippen LogP contribution in [0, 0.1) is 0 Å². The van der Waals surface area contributed by atoms with Crippen molar-refractivity contribution in [3.05, 3.63) is 5.82 Å². The van der Waals surface area contributed by atoms with E-state index in [-0.39, 0.29) is 6.42 Å². The van der Waals surface area contributed by atoms with Gasteiger partial charge in [-0.05, 0) is 16.8 Å². The molecule has 120 valence electrons. The summed E-state index contributed by atoms with van der Waals surface area (Å²) in [6, 6.07) is 0. The molecule has 0 amide bonds. The fourth-order valence-corrected chi connectivity index (χ4v) is 2.37. The molecule has 21 heavy (non-hydrogen) atoms. The van der Waals surface area contributed by atoms with Gasteiger partial charge in [0.2, 0.25) is 0 Å². The summed E-state index contributed by atoms with van der Waals surface area (Å²) >= 11 is 0. The third kappa shape index (κ3) is 8.42. The Kier molecular flexibility index (Phi) is 9.40. The summed E-state index contributed by atoms with van der Waals surface area (Å²) in [6.45, 7) is 3.03. The Hall–Kier alpha value is -1.46. The van der Waals surface area contributed by atoms with Crippen LogP contribution in [0.25, 0.3) is 0 Å². The van der Waals surface area contributed by atoms with Crippen LogP contribution in [0.3, 0.4) is 0 Å². The highest BCUT2D eigenvalue weighted by Crippen LogP contribution is 2.10. The lowest BCUT2D eigenvalue weighted by molar-refractivity contribution is -0.137. The predicted octanol–water partition coefficient (Wildman–Crippen LogP) is 3.22. The fourth-order valence-electron chi connectivity index (χ4n) is 2.37. The molecule has 0 bridgehead atoms. The van der Waals surface area contributed by atoms with Crippen molar-refractivity contribution in [2.45, 2.75) is 84.1 Å². The number of carbonyl (C=O) groups is 1. The van der Waals surface area contributed by atoms with Crippen LogP contribution in [0.15, 0.2) is 0 Å². The first-order valence-electron chi connectivity index (χ1n) is 8.21. The number of carboxylic acid groups (broad SMARTS) is 1. The molecular formula is C15H28N4O2. The first kappa shape index (κ1) is 17.6. The minimum absolute atomic E-state index is 0.0815. The van der Waals surface area contributed by atoms with Crippen LogP contribution in [0.1, 0.15) is 77.0 Å². The molecule has 1 aromatic heterocycles. The molecule has 0 aromatic carbocycles. The third-order valence-corrected chi connectivity index (χ3v) is 3.64. The number of carboxylic acids is 1. The number of rotatable bonds is 13. The van der Waals surface area contributed by atoms with Crippen molar-refractivity contribution in [3.8, 4) is 0 Å². The number of aliphatic carboxylic acids is 1. The Bertz CT molecular complexity index is 393. The van der Waals surface area contributed by atoms with E-state index in [1.54, 1.807) is 4.68 Å². The zero-order chi connectivity index (χ0) is 15.3. The number of hydrogen-bond donors (Lipinski definition) is 1. The van der Waals surface area contributed by atoms with Gasteiger partial charge in [-0.2, -0.15) is 0 Å². The number of tetrazole rings is 1. The molecule has 0 aliphatic heterocycles. The predicted molar refractivity (Wildman–Crippen MR) is 81.0 cm³/mol. The fraction of sp³-hybridized carbons (Fsp3) is 0.867. The molecule has 0 atom stereocenters. The summed E-state index contributed by atoms with van der Waals surface area (Å²) in [5.74, 6) is -0.135. The van der Waals surface area contributed by atoms with Crippen LogP contribution in [0.2, 0.25) is 0 Å². The van der Waals surface area contributed by atoms with Crippen LogP contribution < -0.4 is 0 Å². The van der Waals surface area contributed by atoms with E-state index in [1.807, 2.05) is 0 Å². The molecule has 6 heteroatoms. The molecule has 0 saturated carbocycles. The summed E-state index contributed by atoms with van der Waals surface area (Å²) in [5.41, 5.74) is 0. The van der Waals surface area contributed by atoms with Crippen LogP contribution in [-0.2, 0) is 17.8 Å². The van der Waals surface area contributed by atoms with Crippen molar-refractivity contribution in [2.24, 2.45) is 0 Å². The quantitative estimate of drug-likeness (QED) is 0.565. The monoisotopic (exact) mass is 296 g/mol. The summed E-state index contributed by atoms with van der Waals surface area (Å²) in [6.07, 6.45) is 12.0. The van der Waals surface area contributed by atoms with E-state index < -0.39 is 5.97 Å². The second-order valence-electron chi connectivity index (χ2n) is 5.54. The van der Waals surface area contributed by atoms with E-state index in [4.69, 9.17) is 5.11 Å². The average molecular weight is 296 g/mol. The van der Waals surface area contributed by atoms with Gasteiger partial charge in [0, 0.05) is 13.0 Å². The number of hydrogen-bond acceptors (Lipinski definition) is 4. The molecule has 0 aliphatic carbocycles. The van der Waals surface area contributed by atoms with E-state index in [1.165, 1.54) is 51.4 Å². The topological polar surface area (TPSA) is 80.9 Å². The molecule has 0 spiro atoms. The average Bonchev–Trinajstić information content (AvgIpc) is 2.91. The van der Waals surface area contributed by atoms with Crippen molar-refractivity contribution in [1.82, 2.24) is 20.2 Å². The van der Waals surface area contributed by atoms with Crippen molar-refractivity contribution < 1.29 is 9.90 Å². The molecule has 0 aliphatic rings. The molecule has 1 heterocycles. The molecule has 0 saturated heterocycles. The summed E-state index contributed by atoms with van der Waals surface area (Å²) < 4.78 is 1.74. The Morgan fingerprint density at radius 2 is 1.67 bits per heavy atom. The van der Waals surface area contributed by atoms with Crippen molar-refractivity contribution in [2.75, 3.05) is 0 Å². The number of aromatic nitrogens is 4. The number of nitrogens with zero attached hydrogens (tertiary/aromatic N) is 4. The van der Waals surface area contributed by atoms with Crippen LogP contribution in [0.4, 0.5) is 0 Å². The second kappa shape index (κ2) is 11.2. The molecule has 0 radical (unpaired) electrons. The lowest BCUT2D eigenvalue weighted by Crippen LogP contribution is -2.08. The molecule has 1 rings (SSSR count). The van der Waals surface area contributed by atoms with Gasteiger partial charge in [0.15, 0.2) is 5.82 Å². The smallest absolute Gasteiger partial charge is 0.303 e. The van der Waals surface area contributed by atoms with E-state index >= 15 is 0 Å². The molecule has 1 N–H and O–H groups in total. The minimum Gasteiger partial charge on any atom is -0.481 e. The first-order valence-corrected chi connectivity index (χ1v) is 8.21. The number of unbranched alkanes of at least 4 members (excludes halogenated alkanes) is 8. The summed E-state index contributed by atoms with van der Waals surface area (Å²) in [7, 11) is 0. The third-order valence-electron chi connectivity index (χ3n) is 3.64. The van der Waals surface area contributed by atoms with Gasteiger partial charge in [0.25, 0.3) is 0 Å². The second-order valence-corrected chi connectivity index (χ2v) is 5.54. The lowest BCUT2D eigenvalue weighted by Gasteiger charge is -2.04. The van der Waals surface area contributed by atoms with Gasteiger partial charge in [0.05, 0.1) is 6.42 Å². The molecule has 0 unspecified atom stereocenters. The largest absolute Gasteiger partial charge is 0.481 e. The van der Waals surface area contributed by atoms with E-state index in [2.05, 4.69) is 22.4 Å². The van der Waals surface area contributed by atoms with Crippen molar-refractivity contribution in [1.29, 1.82) is 0 Å². The highest BCUT2D eigenvalue weighted by atomic mass is 16.4. The van der Waals surface area contributed by atoms with Gasteiger partial charge < -0.3 is 5.11 Å². The molecular weight excluding hydrogens is 268 g/mol. The van der Waals surface area contributed by atoms with E-state index in [0.29, 0.717) is 12.2 Å². The van der Waals surface area contributed by atoms with Crippen LogP contribution in [0.5, 0.6) is 0 Å². The zero-order valence-corrected chi connectivity index (χ0v) is 13.1. The maximum Gasteiger partial charge on any atom is 0.303 e. The van der Waals surface area contributed by atoms with E-state index in [0.717, 1.165) is 13.0 Å². The highest BCUT2D eigenvalue weighted by Gasteiger charge is 2.07. The Morgan fingerprint density at radius 1 is 1.05 bits per heavy atom. The lowest BCUT2D eigenvalue weighted by atomic mass is 10.1. The highest BCUT2D eigenvalue weighted by molar-refractivity contribution is 5.66. The van der Waals surface area contributed by atoms with Gasteiger partial charge in [-0.25, -0.2) is 4.68 Å². The van der Waals surface area contributed by atoms with Gasteiger partial charge in [-0.1, -0.05) is 58.3 Å². The minimum atomic E-state index is -0.812. The van der Waals surface area contributed by atoms with Crippen molar-refractivity contribution in [3.63, 3.8) is 0 Å².